The van der Waals surface area contributed by atoms with E-state index in [2.05, 4.69) is 26.3 Å². The average Bonchev–Trinajstić information content (AvgIpc) is 3.07. The Morgan fingerprint density at radius 1 is 1.15 bits per heavy atom. The Balaban J connectivity index is 1.46. The minimum atomic E-state index is -0.110. The Bertz CT molecular complexity index is 863. The molecule has 0 saturated heterocycles. The highest BCUT2D eigenvalue weighted by atomic mass is 79.9. The van der Waals surface area contributed by atoms with Crippen LogP contribution < -0.4 is 10.1 Å². The van der Waals surface area contributed by atoms with Crippen molar-refractivity contribution in [1.82, 2.24) is 15.1 Å². The molecule has 0 aliphatic heterocycles. The summed E-state index contributed by atoms with van der Waals surface area (Å²) < 4.78 is 8.37. The minimum absolute atomic E-state index is 0.110. The number of carbonyl (C=O) groups excluding carboxylic acids is 1. The molecule has 1 aromatic heterocycles. The van der Waals surface area contributed by atoms with E-state index in [0.717, 1.165) is 15.8 Å². The third-order valence-corrected chi connectivity index (χ3v) is 4.32. The lowest BCUT2D eigenvalue weighted by Gasteiger charge is -2.08. The average molecular weight is 435 g/mol. The van der Waals surface area contributed by atoms with Gasteiger partial charge in [0.05, 0.1) is 17.2 Å². The van der Waals surface area contributed by atoms with Crippen molar-refractivity contribution in [3.63, 3.8) is 0 Å². The summed E-state index contributed by atoms with van der Waals surface area (Å²) in [5, 5.41) is 7.70. The van der Waals surface area contributed by atoms with E-state index >= 15 is 0 Å². The number of rotatable bonds is 7. The van der Waals surface area contributed by atoms with Crippen LogP contribution in [-0.2, 0) is 13.2 Å². The standard InChI is InChI=1S/C19H17BrClN3O2/c20-16-11-23-24(12-16)10-9-22-19(25)15-3-1-14(2-4-15)13-26-18-7-5-17(21)6-8-18/h1-8,11-12H,9-10,13H2,(H,22,25). The number of carbonyl (C=O) groups is 1. The van der Waals surface area contributed by atoms with E-state index in [1.165, 1.54) is 0 Å². The Morgan fingerprint density at radius 2 is 1.88 bits per heavy atom. The summed E-state index contributed by atoms with van der Waals surface area (Å²) in [7, 11) is 0. The molecule has 0 unspecified atom stereocenters. The SMILES string of the molecule is O=C(NCCn1cc(Br)cn1)c1ccc(COc2ccc(Cl)cc2)cc1. The number of amides is 1. The number of hydrogen-bond donors (Lipinski definition) is 1. The molecular weight excluding hydrogens is 418 g/mol. The first-order valence-electron chi connectivity index (χ1n) is 8.03. The summed E-state index contributed by atoms with van der Waals surface area (Å²) in [6.45, 7) is 1.55. The maximum absolute atomic E-state index is 12.2. The molecule has 1 amide bonds. The van der Waals surface area contributed by atoms with Crippen molar-refractivity contribution < 1.29 is 9.53 Å². The molecule has 134 valence electrons. The normalized spacial score (nSPS) is 10.5. The van der Waals surface area contributed by atoms with Gasteiger partial charge in [-0.3, -0.25) is 9.48 Å². The highest BCUT2D eigenvalue weighted by Gasteiger charge is 2.05. The molecule has 0 spiro atoms. The van der Waals surface area contributed by atoms with Crippen LogP contribution in [0.2, 0.25) is 5.02 Å². The second-order valence-electron chi connectivity index (χ2n) is 5.62. The van der Waals surface area contributed by atoms with E-state index < -0.39 is 0 Å². The van der Waals surface area contributed by atoms with Crippen LogP contribution >= 0.6 is 27.5 Å². The first-order chi connectivity index (χ1) is 12.6. The maximum Gasteiger partial charge on any atom is 0.251 e. The first-order valence-corrected chi connectivity index (χ1v) is 9.21. The van der Waals surface area contributed by atoms with Crippen LogP contribution in [0.3, 0.4) is 0 Å². The second-order valence-corrected chi connectivity index (χ2v) is 6.97. The molecule has 5 nitrogen and oxygen atoms in total. The minimum Gasteiger partial charge on any atom is -0.489 e. The van der Waals surface area contributed by atoms with Gasteiger partial charge in [-0.05, 0) is 57.9 Å². The molecule has 26 heavy (non-hydrogen) atoms. The Hall–Kier alpha value is -2.31. The van der Waals surface area contributed by atoms with Gasteiger partial charge in [0.2, 0.25) is 0 Å². The summed E-state index contributed by atoms with van der Waals surface area (Å²) in [6.07, 6.45) is 3.58. The number of ether oxygens (including phenoxy) is 1. The van der Waals surface area contributed by atoms with Gasteiger partial charge in [0.1, 0.15) is 12.4 Å². The van der Waals surface area contributed by atoms with Crippen molar-refractivity contribution in [3.05, 3.63) is 81.5 Å². The summed E-state index contributed by atoms with van der Waals surface area (Å²) in [5.41, 5.74) is 1.60. The van der Waals surface area contributed by atoms with Gasteiger partial charge in [-0.2, -0.15) is 5.10 Å². The van der Waals surface area contributed by atoms with E-state index in [0.29, 0.717) is 30.3 Å². The molecule has 0 aliphatic rings. The van der Waals surface area contributed by atoms with Crippen molar-refractivity contribution >= 4 is 33.4 Å². The van der Waals surface area contributed by atoms with E-state index in [-0.39, 0.29) is 5.91 Å². The zero-order valence-corrected chi connectivity index (χ0v) is 16.2. The predicted octanol–water partition coefficient (Wildman–Crippen LogP) is 4.31. The van der Waals surface area contributed by atoms with Crippen molar-refractivity contribution in [3.8, 4) is 5.75 Å². The number of aromatic nitrogens is 2. The zero-order valence-electron chi connectivity index (χ0n) is 13.9. The summed E-state index contributed by atoms with van der Waals surface area (Å²) in [5.74, 6) is 0.642. The Morgan fingerprint density at radius 3 is 2.54 bits per heavy atom. The second kappa shape index (κ2) is 8.87. The van der Waals surface area contributed by atoms with Gasteiger partial charge in [-0.1, -0.05) is 23.7 Å². The van der Waals surface area contributed by atoms with Crippen LogP contribution in [0, 0.1) is 0 Å². The molecule has 3 aromatic rings. The van der Waals surface area contributed by atoms with Gasteiger partial charge >= 0.3 is 0 Å². The fourth-order valence-electron chi connectivity index (χ4n) is 2.30. The zero-order chi connectivity index (χ0) is 18.4. The first kappa shape index (κ1) is 18.5. The van der Waals surface area contributed by atoms with Crippen molar-refractivity contribution in [2.75, 3.05) is 6.54 Å². The van der Waals surface area contributed by atoms with Crippen LogP contribution in [-0.4, -0.2) is 22.2 Å². The van der Waals surface area contributed by atoms with Crippen molar-refractivity contribution in [2.24, 2.45) is 0 Å². The summed E-state index contributed by atoms with van der Waals surface area (Å²) in [4.78, 5) is 12.2. The highest BCUT2D eigenvalue weighted by molar-refractivity contribution is 9.10. The van der Waals surface area contributed by atoms with E-state index in [4.69, 9.17) is 16.3 Å². The highest BCUT2D eigenvalue weighted by Crippen LogP contribution is 2.17. The van der Waals surface area contributed by atoms with E-state index in [9.17, 15) is 4.79 Å². The molecule has 1 N–H and O–H groups in total. The molecule has 0 aliphatic carbocycles. The van der Waals surface area contributed by atoms with Gasteiger partial charge in [0.15, 0.2) is 0 Å². The molecular formula is C19H17BrClN3O2. The fourth-order valence-corrected chi connectivity index (χ4v) is 2.75. The van der Waals surface area contributed by atoms with E-state index in [1.807, 2.05) is 30.5 Å². The van der Waals surface area contributed by atoms with Gasteiger partial charge in [0, 0.05) is 23.3 Å². The predicted molar refractivity (Wildman–Crippen MR) is 104 cm³/mol. The van der Waals surface area contributed by atoms with Crippen LogP contribution in [0.5, 0.6) is 5.75 Å². The van der Waals surface area contributed by atoms with E-state index in [1.54, 1.807) is 35.1 Å². The smallest absolute Gasteiger partial charge is 0.251 e. The van der Waals surface area contributed by atoms with Gasteiger partial charge in [-0.15, -0.1) is 0 Å². The fraction of sp³-hybridized carbons (Fsp3) is 0.158. The molecule has 0 radical (unpaired) electrons. The quantitative estimate of drug-likeness (QED) is 0.603. The lowest BCUT2D eigenvalue weighted by Crippen LogP contribution is -2.27. The third kappa shape index (κ3) is 5.34. The lowest BCUT2D eigenvalue weighted by molar-refractivity contribution is 0.0952. The Labute approximate surface area is 165 Å². The number of hydrogen-bond acceptors (Lipinski definition) is 3. The lowest BCUT2D eigenvalue weighted by atomic mass is 10.1. The van der Waals surface area contributed by atoms with Crippen molar-refractivity contribution in [2.45, 2.75) is 13.2 Å². The number of halogens is 2. The maximum atomic E-state index is 12.2. The molecule has 0 bridgehead atoms. The van der Waals surface area contributed by atoms with Gasteiger partial charge in [-0.25, -0.2) is 0 Å². The molecule has 2 aromatic carbocycles. The number of nitrogens with zero attached hydrogens (tertiary/aromatic N) is 2. The van der Waals surface area contributed by atoms with Gasteiger partial charge in [0.25, 0.3) is 5.91 Å². The van der Waals surface area contributed by atoms with Crippen molar-refractivity contribution in [1.29, 1.82) is 0 Å². The summed E-state index contributed by atoms with van der Waals surface area (Å²) >= 11 is 9.19. The molecule has 0 atom stereocenters. The van der Waals surface area contributed by atoms with Crippen LogP contribution in [0.4, 0.5) is 0 Å². The molecule has 1 heterocycles. The molecule has 7 heteroatoms. The topological polar surface area (TPSA) is 56.2 Å². The molecule has 0 fully saturated rings. The number of nitrogens with one attached hydrogen (secondary N) is 1. The Kier molecular flexibility index (Phi) is 6.30. The van der Waals surface area contributed by atoms with Crippen LogP contribution in [0.1, 0.15) is 15.9 Å². The van der Waals surface area contributed by atoms with Crippen LogP contribution in [0.25, 0.3) is 0 Å². The largest absolute Gasteiger partial charge is 0.489 e. The third-order valence-electron chi connectivity index (χ3n) is 3.66. The molecule has 0 saturated carbocycles. The number of benzene rings is 2. The monoisotopic (exact) mass is 433 g/mol. The van der Waals surface area contributed by atoms with Crippen LogP contribution in [0.15, 0.2) is 65.4 Å². The summed E-state index contributed by atoms with van der Waals surface area (Å²) in [6, 6.07) is 14.6. The molecule has 3 rings (SSSR count). The van der Waals surface area contributed by atoms with Gasteiger partial charge < -0.3 is 10.1 Å².